The summed E-state index contributed by atoms with van der Waals surface area (Å²) in [5.41, 5.74) is -29.9. The Morgan fingerprint density at radius 1 is 0.564 bits per heavy atom. The van der Waals surface area contributed by atoms with Crippen LogP contribution in [-0.4, -0.2) is 0 Å². The molecular formula is C39H52. The molecular weight excluding hydrogens is 468 g/mol. The van der Waals surface area contributed by atoms with Gasteiger partial charge in [-0.05, 0) is 116 Å². The third-order valence-electron chi connectivity index (χ3n) is 6.26. The van der Waals surface area contributed by atoms with Gasteiger partial charge in [0.1, 0.15) is 0 Å². The highest BCUT2D eigenvalue weighted by atomic mass is 14.4. The van der Waals surface area contributed by atoms with Gasteiger partial charge in [-0.1, -0.05) is 123 Å². The standard InChI is InChI=1S/C39H52/c1-26(2)31-22-29(19-27-11-13-32-34(24-27)38(7,8)17-15-36(32,3)4)21-30(23-31)20-28-12-14-33-35(25-28)39(9,10)18-16-37(33,5)6/h11-14,21-26H,15-20H2,1-10H3/i3D3,4D3,5D3,6D3,7D3,8D3,9D3,10D3,11D,12D,13D,14D,15D2,16D2,17D2,18D2,21D,22D,23D,24D,25D. The Morgan fingerprint density at radius 2 is 0.949 bits per heavy atom. The topological polar surface area (TPSA) is 0 Å². The lowest BCUT2D eigenvalue weighted by molar-refractivity contribution is 0.331. The molecule has 2 aliphatic rings. The molecule has 39 heavy (non-hydrogen) atoms. The molecule has 0 N–H and O–H groups in total. The monoisotopic (exact) mass is 562 g/mol. The highest BCUT2D eigenvalue weighted by molar-refractivity contribution is 5.47. The van der Waals surface area contributed by atoms with Crippen LogP contribution in [0.4, 0.5) is 0 Å². The van der Waals surface area contributed by atoms with Crippen molar-refractivity contribution in [2.75, 3.05) is 0 Å². The summed E-state index contributed by atoms with van der Waals surface area (Å²) in [5.74, 6) is -1.06. The van der Waals surface area contributed by atoms with E-state index in [9.17, 15) is 12.3 Å². The first kappa shape index (κ1) is 6.99. The van der Waals surface area contributed by atoms with Gasteiger partial charge in [0.25, 0.3) is 0 Å². The van der Waals surface area contributed by atoms with Gasteiger partial charge in [0.05, 0.1) is 12.3 Å². The number of fused-ring (bicyclic) bond motifs is 2. The Balaban J connectivity index is 2.11. The van der Waals surface area contributed by atoms with Crippen LogP contribution in [0.15, 0.2) is 54.4 Å². The first-order valence-electron chi connectivity index (χ1n) is 32.4. The largest absolute Gasteiger partial charge is 0.0629 e. The molecule has 0 saturated carbocycles. The predicted octanol–water partition coefficient (Wildman–Crippen LogP) is 10.7. The second-order valence-electron chi connectivity index (χ2n) is 9.96. The first-order chi connectivity index (χ1) is 35.0. The van der Waals surface area contributed by atoms with E-state index in [0.717, 1.165) is 0 Å². The maximum atomic E-state index is 9.54. The normalized spacial score (nSPS) is 43.5. The van der Waals surface area contributed by atoms with Crippen LogP contribution in [0.1, 0.15) is 206 Å². The summed E-state index contributed by atoms with van der Waals surface area (Å²) >= 11 is 0. The van der Waals surface area contributed by atoms with Crippen molar-refractivity contribution in [2.24, 2.45) is 0 Å². The summed E-state index contributed by atoms with van der Waals surface area (Å²) < 4.78 is 361. The van der Waals surface area contributed by atoms with Gasteiger partial charge in [-0.15, -0.1) is 0 Å². The zero-order valence-electron chi connectivity index (χ0n) is 62.0. The molecule has 0 nitrogen and oxygen atoms in total. The predicted molar refractivity (Wildman–Crippen MR) is 170 cm³/mol. The van der Waals surface area contributed by atoms with E-state index in [1.807, 2.05) is 0 Å². The third kappa shape index (κ3) is 5.51. The van der Waals surface area contributed by atoms with Crippen molar-refractivity contribution in [3.05, 3.63) is 104 Å². The van der Waals surface area contributed by atoms with E-state index in [4.69, 9.17) is 43.9 Å². The van der Waals surface area contributed by atoms with Crippen molar-refractivity contribution >= 4 is 0 Å². The van der Waals surface area contributed by atoms with E-state index in [1.54, 1.807) is 0 Å². The molecule has 208 valence electrons. The van der Waals surface area contributed by atoms with Crippen molar-refractivity contribution in [1.29, 1.82) is 0 Å². The van der Waals surface area contributed by atoms with E-state index >= 15 is 0 Å². The van der Waals surface area contributed by atoms with Crippen LogP contribution in [-0.2, 0) is 34.5 Å². The van der Waals surface area contributed by atoms with E-state index in [2.05, 4.69) is 0 Å². The third-order valence-corrected chi connectivity index (χ3v) is 6.26. The van der Waals surface area contributed by atoms with Gasteiger partial charge in [0, 0.05) is 43.9 Å². The Hall–Kier alpha value is -2.34. The van der Waals surface area contributed by atoms with Crippen LogP contribution in [0.25, 0.3) is 0 Å². The SMILES string of the molecule is [2H]c1c([2H])c2c(c([2H])c1Cc1c([2H])c(Cc3c([2H])c([2H])c4c(c3[2H])C(C([2H])([2H])[2H])(C([2H])([2H])[2H])C([2H])([2H])C([2H])([2H])C4(C([2H])([2H])[2H])C([2H])([2H])[2H])c([2H])c(C(C)C)c1[2H])C(C([2H])([2H])[2H])(C([2H])([2H])[2H])C([2H])([2H])C([2H])([2H])C2(C([2H])([2H])[2H])C([2H])([2H])[2H]. The van der Waals surface area contributed by atoms with Crippen molar-refractivity contribution in [3.63, 3.8) is 0 Å². The van der Waals surface area contributed by atoms with Gasteiger partial charge in [0.2, 0.25) is 0 Å². The van der Waals surface area contributed by atoms with E-state index in [1.165, 1.54) is 13.8 Å². The summed E-state index contributed by atoms with van der Waals surface area (Å²) in [6.07, 6.45) is -21.6. The van der Waals surface area contributed by atoms with Gasteiger partial charge < -0.3 is 0 Å². The minimum absolute atomic E-state index is 0.449. The number of hydrogen-bond acceptors (Lipinski definition) is 0. The number of rotatable bonds is 5. The molecule has 0 radical (unpaired) electrons. The van der Waals surface area contributed by atoms with Gasteiger partial charge in [-0.25, -0.2) is 0 Å². The molecule has 5 rings (SSSR count). The summed E-state index contributed by atoms with van der Waals surface area (Å²) in [6, 6.07) is -12.8. The minimum atomic E-state index is -4.72. The zero-order chi connectivity index (χ0) is 63.4. The Labute approximate surface area is 297 Å². The van der Waals surface area contributed by atoms with Crippen molar-refractivity contribution in [3.8, 4) is 0 Å². The second kappa shape index (κ2) is 9.64. The van der Waals surface area contributed by atoms with Gasteiger partial charge in [0.15, 0.2) is 0 Å². The summed E-state index contributed by atoms with van der Waals surface area (Å²) in [6.45, 7) is -32.8. The second-order valence-corrected chi connectivity index (χ2v) is 9.96. The van der Waals surface area contributed by atoms with Gasteiger partial charge in [-0.3, -0.25) is 0 Å². The molecule has 3 aromatic rings. The maximum absolute atomic E-state index is 9.54. The fourth-order valence-corrected chi connectivity index (χ4v) is 4.24. The molecule has 0 unspecified atom stereocenters. The van der Waals surface area contributed by atoms with E-state index in [0.29, 0.717) is 0 Å². The summed E-state index contributed by atoms with van der Waals surface area (Å²) in [7, 11) is 0. The van der Waals surface area contributed by atoms with Crippen molar-refractivity contribution < 1.29 is 56.2 Å². The quantitative estimate of drug-likeness (QED) is 0.290. The Kier molecular flexibility index (Phi) is 1.73. The molecule has 0 amide bonds. The number of hydrogen-bond donors (Lipinski definition) is 0. The lowest BCUT2D eigenvalue weighted by atomic mass is 9.63. The average molecular weight is 562 g/mol. The molecule has 0 heterocycles. The molecule has 0 heteroatoms. The summed E-state index contributed by atoms with van der Waals surface area (Å²) in [5, 5.41) is 0. The highest BCUT2D eigenvalue weighted by Gasteiger charge is 2.38. The van der Waals surface area contributed by atoms with E-state index in [-0.39, 0.29) is 0 Å². The average Bonchev–Trinajstić information content (AvgIpc) is 3.18. The van der Waals surface area contributed by atoms with Crippen LogP contribution in [0.2, 0.25) is 0 Å². The van der Waals surface area contributed by atoms with Crippen LogP contribution in [0, 0.1) is 0 Å². The Morgan fingerprint density at radius 3 is 1.31 bits per heavy atom. The lowest BCUT2D eigenvalue weighted by Gasteiger charge is -2.42. The molecule has 0 atom stereocenters. The summed E-state index contributed by atoms with van der Waals surface area (Å²) in [4.78, 5) is 0. The van der Waals surface area contributed by atoms with E-state index < -0.39 is 225 Å². The molecule has 2 aliphatic carbocycles. The Bertz CT molecular complexity index is 2760. The van der Waals surface area contributed by atoms with Crippen LogP contribution in [0.3, 0.4) is 0 Å². The highest BCUT2D eigenvalue weighted by Crippen LogP contribution is 2.47. The molecule has 0 saturated heterocycles. The zero-order valence-corrected chi connectivity index (χ0v) is 21.0. The van der Waals surface area contributed by atoms with Crippen LogP contribution >= 0.6 is 0 Å². The lowest BCUT2D eigenvalue weighted by Crippen LogP contribution is -2.33. The van der Waals surface area contributed by atoms with Gasteiger partial charge >= 0.3 is 0 Å². The fraction of sp³-hybridized carbons (Fsp3) is 0.538. The molecule has 0 aliphatic heterocycles. The van der Waals surface area contributed by atoms with Crippen molar-refractivity contribution in [1.82, 2.24) is 0 Å². The minimum Gasteiger partial charge on any atom is -0.0587 e. The van der Waals surface area contributed by atoms with Crippen LogP contribution < -0.4 is 0 Å². The molecule has 0 bridgehead atoms. The fourth-order valence-electron chi connectivity index (χ4n) is 4.24. The first-order valence-corrected chi connectivity index (χ1v) is 11.9. The maximum Gasteiger partial charge on any atom is 0.0629 e. The van der Waals surface area contributed by atoms with Crippen molar-refractivity contribution in [2.45, 2.75) is 135 Å². The molecule has 3 aromatic carbocycles. The molecule has 0 spiro atoms. The molecule has 0 fully saturated rings. The molecule has 0 aromatic heterocycles. The number of benzene rings is 3. The van der Waals surface area contributed by atoms with Crippen LogP contribution in [0.5, 0.6) is 0 Å². The smallest absolute Gasteiger partial charge is 0.0587 e. The van der Waals surface area contributed by atoms with Gasteiger partial charge in [-0.2, -0.15) is 0 Å².